The number of nitrogens with one attached hydrogen (secondary N) is 2. The van der Waals surface area contributed by atoms with Gasteiger partial charge in [-0.25, -0.2) is 0 Å². The van der Waals surface area contributed by atoms with Gasteiger partial charge >= 0.3 is 0 Å². The summed E-state index contributed by atoms with van der Waals surface area (Å²) in [4.78, 5) is 0. The summed E-state index contributed by atoms with van der Waals surface area (Å²) >= 11 is 0. The predicted molar refractivity (Wildman–Crippen MR) is 65.7 cm³/mol. The minimum atomic E-state index is 0.359. The molecule has 1 aliphatic heterocycles. The van der Waals surface area contributed by atoms with Crippen LogP contribution in [0.15, 0.2) is 18.2 Å². The Kier molecular flexibility index (Phi) is 3.46. The maximum Gasteiger partial charge on any atom is 0.115 e. The van der Waals surface area contributed by atoms with Crippen LogP contribution >= 0.6 is 0 Å². The maximum atomic E-state index is 9.45. The number of hydrogen-bond acceptors (Lipinski definition) is 3. The van der Waals surface area contributed by atoms with Gasteiger partial charge in [0.1, 0.15) is 5.75 Å². The summed E-state index contributed by atoms with van der Waals surface area (Å²) in [5.74, 6) is 0.866. The number of rotatable bonds is 3. The summed E-state index contributed by atoms with van der Waals surface area (Å²) in [5, 5.41) is 16.3. The van der Waals surface area contributed by atoms with Gasteiger partial charge in [0.2, 0.25) is 0 Å². The van der Waals surface area contributed by atoms with Crippen molar-refractivity contribution in [2.75, 3.05) is 13.1 Å². The minimum absolute atomic E-state index is 0.359. The van der Waals surface area contributed by atoms with Crippen LogP contribution in [0.2, 0.25) is 0 Å². The van der Waals surface area contributed by atoms with Crippen molar-refractivity contribution in [3.63, 3.8) is 0 Å². The van der Waals surface area contributed by atoms with Gasteiger partial charge in [-0.3, -0.25) is 0 Å². The molecule has 0 saturated carbocycles. The van der Waals surface area contributed by atoms with E-state index in [-0.39, 0.29) is 0 Å². The molecule has 0 bridgehead atoms. The van der Waals surface area contributed by atoms with E-state index in [9.17, 15) is 5.11 Å². The van der Waals surface area contributed by atoms with Gasteiger partial charge in [0.05, 0.1) is 0 Å². The maximum absolute atomic E-state index is 9.45. The topological polar surface area (TPSA) is 44.3 Å². The Morgan fingerprint density at radius 3 is 3.06 bits per heavy atom. The van der Waals surface area contributed by atoms with Crippen molar-refractivity contribution < 1.29 is 5.11 Å². The zero-order valence-corrected chi connectivity index (χ0v) is 9.96. The summed E-state index contributed by atoms with van der Waals surface area (Å²) in [5.41, 5.74) is 2.59. The van der Waals surface area contributed by atoms with Gasteiger partial charge in [-0.2, -0.15) is 0 Å². The Hall–Kier alpha value is -1.06. The molecule has 0 spiro atoms. The molecule has 1 heterocycles. The van der Waals surface area contributed by atoms with Crippen molar-refractivity contribution in [2.24, 2.45) is 0 Å². The van der Waals surface area contributed by atoms with Gasteiger partial charge in [-0.15, -0.1) is 0 Å². The highest BCUT2D eigenvalue weighted by atomic mass is 16.3. The lowest BCUT2D eigenvalue weighted by Gasteiger charge is -2.27. The van der Waals surface area contributed by atoms with Crippen molar-refractivity contribution in [1.29, 1.82) is 0 Å². The first kappa shape index (κ1) is 11.4. The Labute approximate surface area is 96.9 Å². The summed E-state index contributed by atoms with van der Waals surface area (Å²) in [7, 11) is 0. The highest BCUT2D eigenvalue weighted by Gasteiger charge is 2.19. The van der Waals surface area contributed by atoms with Crippen molar-refractivity contribution >= 4 is 0 Å². The molecular weight excluding hydrogens is 200 g/mol. The average Bonchev–Trinajstić information content (AvgIpc) is 2.25. The second kappa shape index (κ2) is 4.85. The predicted octanol–water partition coefficient (Wildman–Crippen LogP) is 1.58. The lowest BCUT2D eigenvalue weighted by molar-refractivity contribution is 0.461. The first-order valence-electron chi connectivity index (χ1n) is 5.92. The largest absolute Gasteiger partial charge is 0.508 e. The van der Waals surface area contributed by atoms with E-state index in [4.69, 9.17) is 0 Å². The molecule has 0 amide bonds. The molecule has 1 aliphatic rings. The van der Waals surface area contributed by atoms with Crippen LogP contribution in [0.4, 0.5) is 0 Å². The molecule has 1 unspecified atom stereocenters. The van der Waals surface area contributed by atoms with Gasteiger partial charge in [0.25, 0.3) is 0 Å². The van der Waals surface area contributed by atoms with Gasteiger partial charge in [-0.1, -0.05) is 19.9 Å². The lowest BCUT2D eigenvalue weighted by Crippen LogP contribution is -2.36. The number of aromatic hydroxyl groups is 1. The Balaban J connectivity index is 2.13. The summed E-state index contributed by atoms with van der Waals surface area (Å²) < 4.78 is 0. The average molecular weight is 220 g/mol. The molecule has 0 radical (unpaired) electrons. The number of phenols is 1. The van der Waals surface area contributed by atoms with Crippen LogP contribution in [0, 0.1) is 0 Å². The van der Waals surface area contributed by atoms with Crippen LogP contribution in [0.25, 0.3) is 0 Å². The Morgan fingerprint density at radius 2 is 2.31 bits per heavy atom. The van der Waals surface area contributed by atoms with Crippen molar-refractivity contribution in [3.05, 3.63) is 29.3 Å². The van der Waals surface area contributed by atoms with Gasteiger partial charge in [0, 0.05) is 31.6 Å². The Bertz CT molecular complexity index is 363. The van der Waals surface area contributed by atoms with Crippen LogP contribution in [0.1, 0.15) is 30.9 Å². The summed E-state index contributed by atoms with van der Waals surface area (Å²) in [6, 6.07) is 6.22. The number of hydrogen-bond donors (Lipinski definition) is 3. The highest BCUT2D eigenvalue weighted by molar-refractivity contribution is 5.38. The third-order valence-electron chi connectivity index (χ3n) is 3.05. The monoisotopic (exact) mass is 220 g/mol. The molecule has 0 fully saturated rings. The SMILES string of the molecule is CC(C)NCC1CNCc2cc(O)ccc21. The van der Waals surface area contributed by atoms with Crippen LogP contribution in [-0.2, 0) is 6.54 Å². The molecule has 0 saturated heterocycles. The Morgan fingerprint density at radius 1 is 1.50 bits per heavy atom. The van der Waals surface area contributed by atoms with Gasteiger partial charge < -0.3 is 15.7 Å². The van der Waals surface area contributed by atoms with E-state index in [1.807, 2.05) is 6.07 Å². The smallest absolute Gasteiger partial charge is 0.115 e. The molecule has 2 rings (SSSR count). The molecule has 0 aliphatic carbocycles. The fourth-order valence-electron chi connectivity index (χ4n) is 2.19. The normalized spacial score (nSPS) is 19.8. The molecule has 1 aromatic carbocycles. The molecule has 3 heteroatoms. The second-order valence-corrected chi connectivity index (χ2v) is 4.77. The summed E-state index contributed by atoms with van der Waals surface area (Å²) in [6.07, 6.45) is 0. The van der Waals surface area contributed by atoms with E-state index >= 15 is 0 Å². The van der Waals surface area contributed by atoms with E-state index in [2.05, 4.69) is 30.5 Å². The lowest BCUT2D eigenvalue weighted by atomic mass is 9.90. The van der Waals surface area contributed by atoms with Crippen LogP contribution in [0.3, 0.4) is 0 Å². The molecular formula is C13H20N2O. The van der Waals surface area contributed by atoms with Crippen LogP contribution in [-0.4, -0.2) is 24.2 Å². The third-order valence-corrected chi connectivity index (χ3v) is 3.05. The molecule has 1 aromatic rings. The van der Waals surface area contributed by atoms with Crippen molar-refractivity contribution in [2.45, 2.75) is 32.4 Å². The van der Waals surface area contributed by atoms with Gasteiger partial charge in [0.15, 0.2) is 0 Å². The first-order chi connectivity index (χ1) is 7.66. The van der Waals surface area contributed by atoms with E-state index in [1.54, 1.807) is 6.07 Å². The molecule has 0 aromatic heterocycles. The van der Waals surface area contributed by atoms with Crippen molar-refractivity contribution in [3.8, 4) is 5.75 Å². The van der Waals surface area contributed by atoms with E-state index in [0.717, 1.165) is 19.6 Å². The third kappa shape index (κ3) is 2.54. The van der Waals surface area contributed by atoms with E-state index in [0.29, 0.717) is 17.7 Å². The minimum Gasteiger partial charge on any atom is -0.508 e. The van der Waals surface area contributed by atoms with E-state index in [1.165, 1.54) is 11.1 Å². The van der Waals surface area contributed by atoms with Crippen LogP contribution < -0.4 is 10.6 Å². The molecule has 16 heavy (non-hydrogen) atoms. The van der Waals surface area contributed by atoms with E-state index < -0.39 is 0 Å². The first-order valence-corrected chi connectivity index (χ1v) is 5.92. The number of benzene rings is 1. The molecule has 3 N–H and O–H groups in total. The number of phenolic OH excluding ortho intramolecular Hbond substituents is 1. The number of fused-ring (bicyclic) bond motifs is 1. The summed E-state index contributed by atoms with van der Waals surface area (Å²) in [6.45, 7) is 7.18. The quantitative estimate of drug-likeness (QED) is 0.724. The molecule has 1 atom stereocenters. The standard InChI is InChI=1S/C13H20N2O/c1-9(2)15-8-11-7-14-6-10-5-12(16)3-4-13(10)11/h3-5,9,11,14-16H,6-8H2,1-2H3. The molecule has 3 nitrogen and oxygen atoms in total. The van der Waals surface area contributed by atoms with Crippen molar-refractivity contribution in [1.82, 2.24) is 10.6 Å². The zero-order chi connectivity index (χ0) is 11.5. The fourth-order valence-corrected chi connectivity index (χ4v) is 2.19. The zero-order valence-electron chi connectivity index (χ0n) is 9.96. The molecule has 88 valence electrons. The fraction of sp³-hybridized carbons (Fsp3) is 0.538. The van der Waals surface area contributed by atoms with Crippen LogP contribution in [0.5, 0.6) is 5.75 Å². The highest BCUT2D eigenvalue weighted by Crippen LogP contribution is 2.26. The van der Waals surface area contributed by atoms with Gasteiger partial charge in [-0.05, 0) is 23.3 Å². The second-order valence-electron chi connectivity index (χ2n) is 4.77.